The van der Waals surface area contributed by atoms with Gasteiger partial charge in [-0.15, -0.1) is 11.6 Å². The molecule has 38 heavy (non-hydrogen) atoms. The number of fused-ring (bicyclic) bond motifs is 1. The van der Waals surface area contributed by atoms with Crippen LogP contribution in [0.2, 0.25) is 0 Å². The summed E-state index contributed by atoms with van der Waals surface area (Å²) in [5.74, 6) is 1.46. The minimum atomic E-state index is -0.920. The molecule has 2 aliphatic rings. The lowest BCUT2D eigenvalue weighted by molar-refractivity contribution is -0.140. The van der Waals surface area contributed by atoms with E-state index < -0.39 is 6.04 Å². The Kier molecular flexibility index (Phi) is 9.61. The Morgan fingerprint density at radius 3 is 2.45 bits per heavy atom. The normalized spacial score (nSPS) is 16.0. The first-order chi connectivity index (χ1) is 18.4. The van der Waals surface area contributed by atoms with Gasteiger partial charge in [0.2, 0.25) is 18.6 Å². The summed E-state index contributed by atoms with van der Waals surface area (Å²) < 4.78 is 22.4. The van der Waals surface area contributed by atoms with Gasteiger partial charge in [-0.05, 0) is 62.1 Å². The van der Waals surface area contributed by atoms with Gasteiger partial charge < -0.3 is 29.2 Å². The highest BCUT2D eigenvalue weighted by atomic mass is 35.5. The van der Waals surface area contributed by atoms with Crippen molar-refractivity contribution in [3.05, 3.63) is 47.5 Å². The molecule has 1 saturated carbocycles. The molecule has 2 amide bonds. The van der Waals surface area contributed by atoms with Crippen molar-refractivity contribution in [2.75, 3.05) is 19.8 Å². The molecule has 0 saturated heterocycles. The molecular formula is C29H37ClN2O6. The molecule has 2 aromatic rings. The van der Waals surface area contributed by atoms with Crippen molar-refractivity contribution in [3.63, 3.8) is 0 Å². The molecule has 0 aromatic heterocycles. The molecule has 4 rings (SSSR count). The molecule has 9 heteroatoms. The quantitative estimate of drug-likeness (QED) is 0.320. The molecular weight excluding hydrogens is 508 g/mol. The summed E-state index contributed by atoms with van der Waals surface area (Å²) in [5.41, 5.74) is 1.41. The van der Waals surface area contributed by atoms with Crippen molar-refractivity contribution >= 4 is 23.4 Å². The van der Waals surface area contributed by atoms with E-state index in [0.717, 1.165) is 31.2 Å². The Labute approximate surface area is 229 Å². The van der Waals surface area contributed by atoms with Gasteiger partial charge in [0.05, 0.1) is 13.2 Å². The van der Waals surface area contributed by atoms with E-state index in [1.165, 1.54) is 17.7 Å². The van der Waals surface area contributed by atoms with Crippen LogP contribution in [0.5, 0.6) is 23.0 Å². The van der Waals surface area contributed by atoms with E-state index in [9.17, 15) is 9.59 Å². The minimum absolute atomic E-state index is 0.0515. The SMILES string of the molecule is COc1cc([C@@H](C(=O)NC2CCCCCC2)N(Cc2ccc3c(c2)OCO3)C(=O)CCl)ccc1OC(C)C. The van der Waals surface area contributed by atoms with Crippen LogP contribution in [-0.2, 0) is 16.1 Å². The number of amides is 2. The first-order valence-corrected chi connectivity index (χ1v) is 13.8. The number of nitrogens with zero attached hydrogens (tertiary/aromatic N) is 1. The zero-order valence-electron chi connectivity index (χ0n) is 22.3. The van der Waals surface area contributed by atoms with Crippen molar-refractivity contribution in [1.82, 2.24) is 10.2 Å². The number of alkyl halides is 1. The van der Waals surface area contributed by atoms with Crippen molar-refractivity contribution in [1.29, 1.82) is 0 Å². The highest BCUT2D eigenvalue weighted by molar-refractivity contribution is 6.27. The third-order valence-electron chi connectivity index (χ3n) is 6.85. The van der Waals surface area contributed by atoms with E-state index in [1.807, 2.05) is 38.1 Å². The van der Waals surface area contributed by atoms with Gasteiger partial charge in [0, 0.05) is 12.6 Å². The van der Waals surface area contributed by atoms with Crippen LogP contribution in [0.3, 0.4) is 0 Å². The van der Waals surface area contributed by atoms with Crippen LogP contribution in [-0.4, -0.2) is 48.6 Å². The number of nitrogens with one attached hydrogen (secondary N) is 1. The van der Waals surface area contributed by atoms with Gasteiger partial charge in [0.1, 0.15) is 11.9 Å². The molecule has 2 aromatic carbocycles. The molecule has 1 heterocycles. The maximum absolute atomic E-state index is 14.0. The molecule has 0 bridgehead atoms. The fourth-order valence-electron chi connectivity index (χ4n) is 5.02. The molecule has 1 aliphatic carbocycles. The highest BCUT2D eigenvalue weighted by Crippen LogP contribution is 2.36. The fraction of sp³-hybridized carbons (Fsp3) is 0.517. The smallest absolute Gasteiger partial charge is 0.247 e. The van der Waals surface area contributed by atoms with Crippen LogP contribution in [0.4, 0.5) is 0 Å². The van der Waals surface area contributed by atoms with Crippen LogP contribution < -0.4 is 24.3 Å². The Morgan fingerprint density at radius 2 is 1.76 bits per heavy atom. The number of rotatable bonds is 10. The van der Waals surface area contributed by atoms with Crippen molar-refractivity contribution in [2.45, 2.75) is 77.1 Å². The van der Waals surface area contributed by atoms with Gasteiger partial charge in [0.15, 0.2) is 23.0 Å². The largest absolute Gasteiger partial charge is 0.493 e. The summed E-state index contributed by atoms with van der Waals surface area (Å²) in [7, 11) is 1.56. The summed E-state index contributed by atoms with van der Waals surface area (Å²) >= 11 is 6.09. The van der Waals surface area contributed by atoms with E-state index >= 15 is 0 Å². The lowest BCUT2D eigenvalue weighted by Crippen LogP contribution is -2.46. The fourth-order valence-corrected chi connectivity index (χ4v) is 5.17. The van der Waals surface area contributed by atoms with E-state index in [-0.39, 0.29) is 43.2 Å². The number of hydrogen-bond acceptors (Lipinski definition) is 6. The second-order valence-corrected chi connectivity index (χ2v) is 10.3. The number of hydrogen-bond donors (Lipinski definition) is 1. The molecule has 0 spiro atoms. The number of methoxy groups -OCH3 is 1. The Balaban J connectivity index is 1.71. The predicted molar refractivity (Wildman–Crippen MR) is 145 cm³/mol. The van der Waals surface area contributed by atoms with E-state index in [0.29, 0.717) is 28.6 Å². The third-order valence-corrected chi connectivity index (χ3v) is 7.08. The Hall–Kier alpha value is -3.13. The topological polar surface area (TPSA) is 86.3 Å². The van der Waals surface area contributed by atoms with E-state index in [2.05, 4.69) is 5.32 Å². The molecule has 206 valence electrons. The lowest BCUT2D eigenvalue weighted by Gasteiger charge is -2.33. The molecule has 8 nitrogen and oxygen atoms in total. The van der Waals surface area contributed by atoms with Gasteiger partial charge in [-0.25, -0.2) is 0 Å². The van der Waals surface area contributed by atoms with Crippen molar-refractivity contribution < 1.29 is 28.5 Å². The van der Waals surface area contributed by atoms with Crippen LogP contribution >= 0.6 is 11.6 Å². The molecule has 1 N–H and O–H groups in total. The van der Waals surface area contributed by atoms with E-state index in [4.69, 9.17) is 30.5 Å². The summed E-state index contributed by atoms with van der Waals surface area (Å²) in [6, 6.07) is 10.0. The monoisotopic (exact) mass is 544 g/mol. The standard InChI is InChI=1S/C29H37ClN2O6/c1-19(2)38-24-13-11-21(15-25(24)35-3)28(29(34)31-22-8-6-4-5-7-9-22)32(27(33)16-30)17-20-10-12-23-26(14-20)37-18-36-23/h10-15,19,22,28H,4-9,16-18H2,1-3H3,(H,31,34)/t28-/m0/s1. The van der Waals surface area contributed by atoms with Crippen molar-refractivity contribution in [3.8, 4) is 23.0 Å². The van der Waals surface area contributed by atoms with Gasteiger partial charge in [-0.3, -0.25) is 9.59 Å². The van der Waals surface area contributed by atoms with Crippen LogP contribution in [0, 0.1) is 0 Å². The average molecular weight is 545 g/mol. The van der Waals surface area contributed by atoms with E-state index in [1.54, 1.807) is 19.2 Å². The minimum Gasteiger partial charge on any atom is -0.493 e. The van der Waals surface area contributed by atoms with Crippen LogP contribution in [0.25, 0.3) is 0 Å². The summed E-state index contributed by atoms with van der Waals surface area (Å²) in [5, 5.41) is 3.24. The molecule has 1 fully saturated rings. The first kappa shape index (κ1) is 27.9. The molecule has 1 aliphatic heterocycles. The highest BCUT2D eigenvalue weighted by Gasteiger charge is 2.33. The number of halogens is 1. The number of ether oxygens (including phenoxy) is 4. The van der Waals surface area contributed by atoms with Crippen molar-refractivity contribution in [2.24, 2.45) is 0 Å². The third kappa shape index (κ3) is 6.84. The molecule has 0 unspecified atom stereocenters. The Bertz CT molecular complexity index is 1120. The van der Waals surface area contributed by atoms with Gasteiger partial charge >= 0.3 is 0 Å². The van der Waals surface area contributed by atoms with Gasteiger partial charge in [0.25, 0.3) is 0 Å². The second-order valence-electron chi connectivity index (χ2n) is 10.0. The lowest BCUT2D eigenvalue weighted by atomic mass is 10.0. The summed E-state index contributed by atoms with van der Waals surface area (Å²) in [6.07, 6.45) is 6.29. The van der Waals surface area contributed by atoms with Gasteiger partial charge in [-0.1, -0.05) is 37.8 Å². The summed E-state index contributed by atoms with van der Waals surface area (Å²) in [4.78, 5) is 28.8. The van der Waals surface area contributed by atoms with Crippen LogP contribution in [0.15, 0.2) is 36.4 Å². The predicted octanol–water partition coefficient (Wildman–Crippen LogP) is 5.36. The Morgan fingerprint density at radius 1 is 1.03 bits per heavy atom. The van der Waals surface area contributed by atoms with Crippen LogP contribution in [0.1, 0.15) is 69.5 Å². The zero-order valence-corrected chi connectivity index (χ0v) is 23.1. The maximum Gasteiger partial charge on any atom is 0.247 e. The maximum atomic E-state index is 14.0. The summed E-state index contributed by atoms with van der Waals surface area (Å²) in [6.45, 7) is 4.18. The number of carbonyl (C=O) groups excluding carboxylic acids is 2. The average Bonchev–Trinajstić information content (AvgIpc) is 3.23. The zero-order chi connectivity index (χ0) is 27.1. The number of carbonyl (C=O) groups is 2. The first-order valence-electron chi connectivity index (χ1n) is 13.3. The molecule has 0 radical (unpaired) electrons. The number of benzene rings is 2. The second kappa shape index (κ2) is 13.1. The molecule has 1 atom stereocenters. The van der Waals surface area contributed by atoms with Gasteiger partial charge in [-0.2, -0.15) is 0 Å².